The van der Waals surface area contributed by atoms with Gasteiger partial charge in [-0.2, -0.15) is 0 Å². The monoisotopic (exact) mass is 488 g/mol. The maximum absolute atomic E-state index is 12.3. The van der Waals surface area contributed by atoms with Crippen LogP contribution in [-0.4, -0.2) is 80.6 Å². The Morgan fingerprint density at radius 2 is 1.35 bits per heavy atom. The van der Waals surface area contributed by atoms with E-state index in [0.29, 0.717) is 12.8 Å². The highest BCUT2D eigenvalue weighted by molar-refractivity contribution is 5.72. The number of carboxylic acid groups (broad SMARTS) is 1. The number of quaternary nitrogens is 1. The normalized spacial score (nSPS) is 13.3. The maximum atomic E-state index is 12.3. The van der Waals surface area contributed by atoms with E-state index in [9.17, 15) is 19.5 Å². The predicted octanol–water partition coefficient (Wildman–Crippen LogP) is 4.73. The first-order valence-electron chi connectivity index (χ1n) is 13.1. The number of carbonyl (C=O) groups is 3. The highest BCUT2D eigenvalue weighted by Crippen LogP contribution is 2.12. The van der Waals surface area contributed by atoms with Crippen LogP contribution >= 0.6 is 0 Å². The molecule has 0 spiro atoms. The van der Waals surface area contributed by atoms with Crippen LogP contribution in [0.15, 0.2) is 0 Å². The number of unbranched alkanes of at least 4 members (excludes halogenated alkanes) is 9. The molecule has 34 heavy (non-hydrogen) atoms. The molecular weight excluding hydrogens is 438 g/mol. The van der Waals surface area contributed by atoms with Crippen LogP contribution in [0.4, 0.5) is 0 Å². The quantitative estimate of drug-likeness (QED) is 0.134. The van der Waals surface area contributed by atoms with Gasteiger partial charge in [-0.05, 0) is 6.42 Å². The standard InChI is InChI=1S/C26H49NO7/c1-6-8-9-10-11-12-13-14-15-16-17-25(29)34-22(21-33-24(28)7-2)20-32-19-18-23(26(30)31)27(3,4)5/h22-23H,6-21H2,1-5H3/p+1. The van der Waals surface area contributed by atoms with Gasteiger partial charge in [0.25, 0.3) is 0 Å². The molecule has 0 bridgehead atoms. The largest absolute Gasteiger partial charge is 0.477 e. The molecule has 2 atom stereocenters. The van der Waals surface area contributed by atoms with E-state index < -0.39 is 18.1 Å². The number of carbonyl (C=O) groups excluding carboxylic acids is 2. The molecule has 0 aromatic rings. The zero-order chi connectivity index (χ0) is 25.8. The van der Waals surface area contributed by atoms with Gasteiger partial charge in [-0.1, -0.05) is 71.6 Å². The minimum Gasteiger partial charge on any atom is -0.477 e. The highest BCUT2D eigenvalue weighted by atomic mass is 16.6. The lowest BCUT2D eigenvalue weighted by Crippen LogP contribution is -2.50. The first kappa shape index (κ1) is 32.3. The van der Waals surface area contributed by atoms with E-state index in [1.54, 1.807) is 6.92 Å². The second-order valence-corrected chi connectivity index (χ2v) is 9.91. The summed E-state index contributed by atoms with van der Waals surface area (Å²) in [6, 6.07) is -0.602. The fourth-order valence-electron chi connectivity index (χ4n) is 3.66. The molecule has 0 aliphatic carbocycles. The molecule has 0 saturated heterocycles. The average Bonchev–Trinajstić information content (AvgIpc) is 2.76. The molecule has 200 valence electrons. The molecule has 0 radical (unpaired) electrons. The lowest BCUT2D eigenvalue weighted by molar-refractivity contribution is -0.887. The number of aliphatic carboxylic acids is 1. The summed E-state index contributed by atoms with van der Waals surface area (Å²) in [5, 5.41) is 9.40. The van der Waals surface area contributed by atoms with Crippen molar-refractivity contribution in [3.63, 3.8) is 0 Å². The van der Waals surface area contributed by atoms with Crippen molar-refractivity contribution in [3.8, 4) is 0 Å². The van der Waals surface area contributed by atoms with Crippen LogP contribution in [0.3, 0.4) is 0 Å². The van der Waals surface area contributed by atoms with Gasteiger partial charge in [0.2, 0.25) is 0 Å². The van der Waals surface area contributed by atoms with Gasteiger partial charge in [0.05, 0.1) is 34.4 Å². The topological polar surface area (TPSA) is 99.1 Å². The molecule has 8 nitrogen and oxygen atoms in total. The van der Waals surface area contributed by atoms with Crippen molar-refractivity contribution in [2.24, 2.45) is 0 Å². The summed E-state index contributed by atoms with van der Waals surface area (Å²) in [5.41, 5.74) is 0. The minimum absolute atomic E-state index is 0.0598. The van der Waals surface area contributed by atoms with Crippen molar-refractivity contribution in [1.29, 1.82) is 0 Å². The molecule has 0 aromatic carbocycles. The Bertz CT molecular complexity index is 560. The Morgan fingerprint density at radius 1 is 0.794 bits per heavy atom. The van der Waals surface area contributed by atoms with Crippen LogP contribution in [0, 0.1) is 0 Å². The summed E-state index contributed by atoms with van der Waals surface area (Å²) < 4.78 is 16.5. The first-order valence-corrected chi connectivity index (χ1v) is 13.1. The van der Waals surface area contributed by atoms with E-state index >= 15 is 0 Å². The number of rotatable bonds is 22. The number of likely N-dealkylation sites (N-methyl/N-ethyl adjacent to an activating group) is 1. The van der Waals surface area contributed by atoms with Gasteiger partial charge in [-0.3, -0.25) is 9.59 Å². The first-order chi connectivity index (χ1) is 16.1. The summed E-state index contributed by atoms with van der Waals surface area (Å²) in [4.78, 5) is 35.2. The Hall–Kier alpha value is -1.67. The van der Waals surface area contributed by atoms with Crippen LogP contribution in [-0.2, 0) is 28.6 Å². The van der Waals surface area contributed by atoms with Crippen LogP contribution in [0.25, 0.3) is 0 Å². The molecule has 0 heterocycles. The van der Waals surface area contributed by atoms with Gasteiger partial charge in [-0.15, -0.1) is 0 Å². The van der Waals surface area contributed by atoms with Gasteiger partial charge in [0.1, 0.15) is 6.61 Å². The molecule has 8 heteroatoms. The third kappa shape index (κ3) is 17.8. The summed E-state index contributed by atoms with van der Waals surface area (Å²) in [6.07, 6.45) is 12.1. The molecule has 0 rings (SSSR count). The molecule has 0 aliphatic rings. The third-order valence-corrected chi connectivity index (χ3v) is 5.81. The maximum Gasteiger partial charge on any atom is 0.362 e. The molecule has 2 unspecified atom stereocenters. The van der Waals surface area contributed by atoms with Crippen molar-refractivity contribution in [2.45, 2.75) is 109 Å². The molecule has 0 saturated carbocycles. The fraction of sp³-hybridized carbons (Fsp3) is 0.885. The lowest BCUT2D eigenvalue weighted by atomic mass is 10.1. The summed E-state index contributed by atoms with van der Waals surface area (Å²) in [7, 11) is 5.46. The van der Waals surface area contributed by atoms with Crippen LogP contribution in [0.1, 0.15) is 97.3 Å². The van der Waals surface area contributed by atoms with Crippen LogP contribution < -0.4 is 0 Å². The third-order valence-electron chi connectivity index (χ3n) is 5.81. The molecule has 0 amide bonds. The number of hydrogen-bond acceptors (Lipinski definition) is 6. The predicted molar refractivity (Wildman–Crippen MR) is 132 cm³/mol. The molecule has 0 aromatic heterocycles. The Labute approximate surface area is 206 Å². The number of hydrogen-bond donors (Lipinski definition) is 1. The second-order valence-electron chi connectivity index (χ2n) is 9.91. The number of esters is 2. The Kier molecular flexibility index (Phi) is 18.7. The summed E-state index contributed by atoms with van der Waals surface area (Å²) >= 11 is 0. The number of carboxylic acids is 1. The number of nitrogens with zero attached hydrogens (tertiary/aromatic N) is 1. The van der Waals surface area contributed by atoms with Gasteiger partial charge in [0.15, 0.2) is 12.1 Å². The zero-order valence-electron chi connectivity index (χ0n) is 22.3. The van der Waals surface area contributed by atoms with E-state index in [1.807, 2.05) is 21.1 Å². The minimum atomic E-state index is -0.882. The van der Waals surface area contributed by atoms with Crippen molar-refractivity contribution in [2.75, 3.05) is 41.0 Å². The van der Waals surface area contributed by atoms with E-state index in [1.165, 1.54) is 44.9 Å². The molecule has 0 fully saturated rings. The van der Waals surface area contributed by atoms with Gasteiger partial charge in [0, 0.05) is 19.3 Å². The smallest absolute Gasteiger partial charge is 0.362 e. The van der Waals surface area contributed by atoms with E-state index in [0.717, 1.165) is 19.3 Å². The summed E-state index contributed by atoms with van der Waals surface area (Å²) in [6.45, 7) is 4.13. The highest BCUT2D eigenvalue weighted by Gasteiger charge is 2.31. The van der Waals surface area contributed by atoms with E-state index in [4.69, 9.17) is 14.2 Å². The van der Waals surface area contributed by atoms with Crippen molar-refractivity contribution in [1.82, 2.24) is 0 Å². The van der Waals surface area contributed by atoms with Gasteiger partial charge >= 0.3 is 17.9 Å². The van der Waals surface area contributed by atoms with Gasteiger partial charge < -0.3 is 23.8 Å². The zero-order valence-corrected chi connectivity index (χ0v) is 22.3. The van der Waals surface area contributed by atoms with Gasteiger partial charge in [-0.25, -0.2) is 4.79 Å². The SMILES string of the molecule is CCCCCCCCCCCCC(=O)OC(COCCC(C(=O)O)[N+](C)(C)C)COC(=O)CC. The summed E-state index contributed by atoms with van der Waals surface area (Å²) in [5.74, 6) is -1.57. The van der Waals surface area contributed by atoms with Crippen molar-refractivity contribution in [3.05, 3.63) is 0 Å². The van der Waals surface area contributed by atoms with E-state index in [2.05, 4.69) is 6.92 Å². The average molecular weight is 489 g/mol. The second kappa shape index (κ2) is 19.6. The number of ether oxygens (including phenoxy) is 3. The molecule has 1 N–H and O–H groups in total. The molecular formula is C26H50NO7+. The van der Waals surface area contributed by atoms with Crippen LogP contribution in [0.2, 0.25) is 0 Å². The molecule has 0 aliphatic heterocycles. The Balaban J connectivity index is 4.27. The van der Waals surface area contributed by atoms with Crippen molar-refractivity contribution >= 4 is 17.9 Å². The van der Waals surface area contributed by atoms with E-state index in [-0.39, 0.29) is 42.7 Å². The Morgan fingerprint density at radius 3 is 1.85 bits per heavy atom. The van der Waals surface area contributed by atoms with Crippen LogP contribution in [0.5, 0.6) is 0 Å². The van der Waals surface area contributed by atoms with Crippen molar-refractivity contribution < 1.29 is 38.2 Å². The fourth-order valence-corrected chi connectivity index (χ4v) is 3.66. The lowest BCUT2D eigenvalue weighted by Gasteiger charge is -2.31.